The molecule has 4 nitrogen and oxygen atoms in total. The van der Waals surface area contributed by atoms with Crippen molar-refractivity contribution in [2.45, 2.75) is 6.54 Å². The molecule has 0 bridgehead atoms. The molecule has 0 radical (unpaired) electrons. The molecular formula is C18H15Cl2N3O. The molecule has 122 valence electrons. The standard InChI is InChI=1S/C18H15Cl2N3O/c1-22-16(12-5-7-14(19)8-6-12)10-23(18(22)21)11-17(24)13-3-2-4-15(20)9-13/h2-10,21H,11H2,1H3. The number of hydrogen-bond acceptors (Lipinski definition) is 2. The summed E-state index contributed by atoms with van der Waals surface area (Å²) >= 11 is 11.9. The SMILES string of the molecule is Cn1c(-c2ccc(Cl)cc2)cn(CC(=O)c2cccc(Cl)c2)c1=N. The van der Waals surface area contributed by atoms with Crippen LogP contribution < -0.4 is 5.62 Å². The van der Waals surface area contributed by atoms with Gasteiger partial charge in [0.2, 0.25) is 5.62 Å². The van der Waals surface area contributed by atoms with E-state index in [-0.39, 0.29) is 17.9 Å². The number of carbonyl (C=O) groups is 1. The summed E-state index contributed by atoms with van der Waals surface area (Å²) in [4.78, 5) is 12.4. The first-order valence-electron chi connectivity index (χ1n) is 7.31. The van der Waals surface area contributed by atoms with E-state index >= 15 is 0 Å². The van der Waals surface area contributed by atoms with Gasteiger partial charge in [0.1, 0.15) is 0 Å². The molecule has 0 unspecified atom stereocenters. The van der Waals surface area contributed by atoms with Crippen molar-refractivity contribution in [1.82, 2.24) is 9.13 Å². The molecule has 3 aromatic rings. The smallest absolute Gasteiger partial charge is 0.202 e. The summed E-state index contributed by atoms with van der Waals surface area (Å²) in [6.45, 7) is 0.0839. The molecule has 0 atom stereocenters. The lowest BCUT2D eigenvalue weighted by Gasteiger charge is -2.02. The molecule has 24 heavy (non-hydrogen) atoms. The minimum absolute atomic E-state index is 0.0839. The number of hydrogen-bond donors (Lipinski definition) is 1. The highest BCUT2D eigenvalue weighted by Crippen LogP contribution is 2.20. The van der Waals surface area contributed by atoms with Gasteiger partial charge in [-0.3, -0.25) is 10.2 Å². The van der Waals surface area contributed by atoms with Crippen LogP contribution in [0.5, 0.6) is 0 Å². The van der Waals surface area contributed by atoms with Gasteiger partial charge >= 0.3 is 0 Å². The predicted molar refractivity (Wildman–Crippen MR) is 95.5 cm³/mol. The van der Waals surface area contributed by atoms with Crippen molar-refractivity contribution < 1.29 is 4.79 Å². The molecule has 0 saturated carbocycles. The molecule has 0 spiro atoms. The van der Waals surface area contributed by atoms with Crippen LogP contribution in [0.25, 0.3) is 11.3 Å². The number of aromatic nitrogens is 2. The summed E-state index contributed by atoms with van der Waals surface area (Å²) < 4.78 is 3.35. The zero-order valence-corrected chi connectivity index (χ0v) is 14.5. The van der Waals surface area contributed by atoms with Crippen molar-refractivity contribution >= 4 is 29.0 Å². The second-order valence-corrected chi connectivity index (χ2v) is 6.34. The maximum absolute atomic E-state index is 12.4. The molecule has 6 heteroatoms. The number of carbonyl (C=O) groups excluding carboxylic acids is 1. The molecule has 1 N–H and O–H groups in total. The minimum atomic E-state index is -0.0933. The number of ketones is 1. The Kier molecular flexibility index (Phi) is 4.60. The highest BCUT2D eigenvalue weighted by atomic mass is 35.5. The van der Waals surface area contributed by atoms with Crippen molar-refractivity contribution in [2.24, 2.45) is 7.05 Å². The summed E-state index contributed by atoms with van der Waals surface area (Å²) in [5, 5.41) is 9.40. The fourth-order valence-electron chi connectivity index (χ4n) is 2.52. The Morgan fingerprint density at radius 3 is 2.46 bits per heavy atom. The molecule has 0 aliphatic rings. The average molecular weight is 360 g/mol. The van der Waals surface area contributed by atoms with Crippen LogP contribution in [0.4, 0.5) is 0 Å². The third-order valence-electron chi connectivity index (χ3n) is 3.83. The Labute approximate surface area is 149 Å². The van der Waals surface area contributed by atoms with Gasteiger partial charge in [-0.2, -0.15) is 0 Å². The lowest BCUT2D eigenvalue weighted by molar-refractivity contribution is 0.0970. The molecule has 0 amide bonds. The Hall–Kier alpha value is -2.30. The van der Waals surface area contributed by atoms with Crippen LogP contribution in [-0.4, -0.2) is 14.9 Å². The van der Waals surface area contributed by atoms with Gasteiger partial charge in [-0.25, -0.2) is 0 Å². The number of halogens is 2. The van der Waals surface area contributed by atoms with Gasteiger partial charge in [0.15, 0.2) is 5.78 Å². The third kappa shape index (κ3) is 3.30. The van der Waals surface area contributed by atoms with E-state index in [2.05, 4.69) is 0 Å². The van der Waals surface area contributed by atoms with E-state index in [1.54, 1.807) is 58.8 Å². The van der Waals surface area contributed by atoms with Crippen molar-refractivity contribution in [3.8, 4) is 11.3 Å². The zero-order chi connectivity index (χ0) is 17.3. The summed E-state index contributed by atoms with van der Waals surface area (Å²) in [6.07, 6.45) is 1.80. The van der Waals surface area contributed by atoms with E-state index in [1.807, 2.05) is 12.1 Å². The maximum Gasteiger partial charge on any atom is 0.202 e. The highest BCUT2D eigenvalue weighted by molar-refractivity contribution is 6.31. The topological polar surface area (TPSA) is 50.8 Å². The molecule has 0 aliphatic heterocycles. The van der Waals surface area contributed by atoms with Gasteiger partial charge in [-0.1, -0.05) is 47.5 Å². The van der Waals surface area contributed by atoms with Crippen LogP contribution in [0.2, 0.25) is 10.0 Å². The summed E-state index contributed by atoms with van der Waals surface area (Å²) in [5.41, 5.74) is 2.56. The number of nitrogens with zero attached hydrogens (tertiary/aromatic N) is 2. The monoisotopic (exact) mass is 359 g/mol. The van der Waals surface area contributed by atoms with Crippen LogP contribution >= 0.6 is 23.2 Å². The van der Waals surface area contributed by atoms with Crippen LogP contribution in [0.1, 0.15) is 10.4 Å². The predicted octanol–water partition coefficient (Wildman–Crippen LogP) is 4.16. The van der Waals surface area contributed by atoms with Gasteiger partial charge in [0, 0.05) is 28.9 Å². The summed E-state index contributed by atoms with van der Waals surface area (Å²) in [5.74, 6) is -0.0933. The van der Waals surface area contributed by atoms with E-state index in [9.17, 15) is 4.79 Å². The van der Waals surface area contributed by atoms with Crippen molar-refractivity contribution in [3.63, 3.8) is 0 Å². The molecule has 0 saturated heterocycles. The quantitative estimate of drug-likeness (QED) is 0.698. The number of imidazole rings is 1. The lowest BCUT2D eigenvalue weighted by atomic mass is 10.1. The average Bonchev–Trinajstić information content (AvgIpc) is 2.84. The second kappa shape index (κ2) is 6.67. The molecule has 0 fully saturated rings. The minimum Gasteiger partial charge on any atom is -0.314 e. The second-order valence-electron chi connectivity index (χ2n) is 5.47. The van der Waals surface area contributed by atoms with E-state index < -0.39 is 0 Å². The molecule has 1 aromatic heterocycles. The van der Waals surface area contributed by atoms with Crippen molar-refractivity contribution in [1.29, 1.82) is 5.41 Å². The van der Waals surface area contributed by atoms with E-state index in [4.69, 9.17) is 28.6 Å². The summed E-state index contributed by atoms with van der Waals surface area (Å²) in [6, 6.07) is 14.2. The fraction of sp³-hybridized carbons (Fsp3) is 0.111. The van der Waals surface area contributed by atoms with E-state index in [0.717, 1.165) is 11.3 Å². The first kappa shape index (κ1) is 16.6. The molecule has 1 heterocycles. The van der Waals surface area contributed by atoms with Gasteiger partial charge in [0.25, 0.3) is 0 Å². The molecule has 3 rings (SSSR count). The maximum atomic E-state index is 12.4. The van der Waals surface area contributed by atoms with Gasteiger partial charge in [-0.15, -0.1) is 0 Å². The summed E-state index contributed by atoms with van der Waals surface area (Å²) in [7, 11) is 1.80. The number of nitrogens with one attached hydrogen (secondary N) is 1. The van der Waals surface area contributed by atoms with Gasteiger partial charge in [0.05, 0.1) is 12.2 Å². The van der Waals surface area contributed by atoms with Crippen LogP contribution in [0.15, 0.2) is 54.7 Å². The number of Topliss-reactive ketones (excluding diaryl/α,β-unsaturated/α-hetero) is 1. The highest BCUT2D eigenvalue weighted by Gasteiger charge is 2.12. The first-order valence-corrected chi connectivity index (χ1v) is 8.07. The number of rotatable bonds is 4. The van der Waals surface area contributed by atoms with Gasteiger partial charge < -0.3 is 9.13 Å². The molecular weight excluding hydrogens is 345 g/mol. The Bertz CT molecular complexity index is 955. The van der Waals surface area contributed by atoms with Crippen LogP contribution in [0, 0.1) is 5.41 Å². The van der Waals surface area contributed by atoms with Crippen molar-refractivity contribution in [2.75, 3.05) is 0 Å². The van der Waals surface area contributed by atoms with Crippen LogP contribution in [0.3, 0.4) is 0 Å². The Morgan fingerprint density at radius 1 is 1.08 bits per heavy atom. The van der Waals surface area contributed by atoms with E-state index in [0.29, 0.717) is 15.6 Å². The number of benzene rings is 2. The lowest BCUT2D eigenvalue weighted by Crippen LogP contribution is -2.25. The van der Waals surface area contributed by atoms with Gasteiger partial charge in [-0.05, 0) is 29.8 Å². The first-order chi connectivity index (χ1) is 11.5. The van der Waals surface area contributed by atoms with Crippen LogP contribution in [-0.2, 0) is 13.6 Å². The fourth-order valence-corrected chi connectivity index (χ4v) is 2.84. The normalized spacial score (nSPS) is 10.8. The third-order valence-corrected chi connectivity index (χ3v) is 4.32. The van der Waals surface area contributed by atoms with Crippen molar-refractivity contribution in [3.05, 3.63) is 76.0 Å². The Balaban J connectivity index is 1.92. The zero-order valence-electron chi connectivity index (χ0n) is 13.0. The largest absolute Gasteiger partial charge is 0.314 e. The molecule has 0 aliphatic carbocycles. The van der Waals surface area contributed by atoms with E-state index in [1.165, 1.54) is 0 Å². The Morgan fingerprint density at radius 2 is 1.79 bits per heavy atom. The molecule has 2 aromatic carbocycles.